The van der Waals surface area contributed by atoms with Gasteiger partial charge in [-0.1, -0.05) is 135 Å². The van der Waals surface area contributed by atoms with Crippen LogP contribution in [0.3, 0.4) is 0 Å². The Morgan fingerprint density at radius 3 is 1.28 bits per heavy atom. The Morgan fingerprint density at radius 2 is 0.877 bits per heavy atom. The van der Waals surface area contributed by atoms with Crippen molar-refractivity contribution < 1.29 is 28.5 Å². The minimum atomic E-state index is -0.727. The van der Waals surface area contributed by atoms with E-state index in [-0.39, 0.29) is 61.7 Å². The quantitative estimate of drug-likeness (QED) is 0.0577. The molecule has 2 atom stereocenters. The molecule has 2 unspecified atom stereocenters. The number of hydrogen-bond acceptors (Lipinski definition) is 8. The Morgan fingerprint density at radius 1 is 0.491 bits per heavy atom. The second kappa shape index (κ2) is 18.2. The number of ether oxygens (including phenoxy) is 4. The maximum Gasteiger partial charge on any atom is 0.307 e. The summed E-state index contributed by atoms with van der Waals surface area (Å²) < 4.78 is 23.6. The summed E-state index contributed by atoms with van der Waals surface area (Å²) in [5, 5.41) is -0.157. The lowest BCUT2D eigenvalue weighted by Gasteiger charge is -2.35. The van der Waals surface area contributed by atoms with Gasteiger partial charge in [0.05, 0.1) is 18.3 Å². The highest BCUT2D eigenvalue weighted by Crippen LogP contribution is 2.57. The van der Waals surface area contributed by atoms with E-state index in [9.17, 15) is 9.59 Å². The molecule has 8 heteroatoms. The molecule has 7 rings (SSSR count). The van der Waals surface area contributed by atoms with Crippen LogP contribution in [0, 0.1) is 0 Å². The average molecular weight is 795 g/mol. The molecule has 57 heavy (non-hydrogen) atoms. The van der Waals surface area contributed by atoms with Gasteiger partial charge in [0, 0.05) is 21.6 Å². The van der Waals surface area contributed by atoms with E-state index < -0.39 is 5.41 Å². The topological polar surface area (TPSA) is 71.1 Å². The van der Waals surface area contributed by atoms with Crippen LogP contribution in [-0.4, -0.2) is 48.9 Å². The minimum Gasteiger partial charge on any atom is -0.489 e. The number of fused-ring (bicyclic) bond motifs is 3. The Kier molecular flexibility index (Phi) is 12.7. The highest BCUT2D eigenvalue weighted by molar-refractivity contribution is 7.81. The Labute approximate surface area is 346 Å². The molecule has 0 amide bonds. The molecule has 0 N–H and O–H groups in total. The van der Waals surface area contributed by atoms with Gasteiger partial charge in [-0.3, -0.25) is 9.59 Å². The number of carbonyl (C=O) groups excluding carboxylic acids is 2. The van der Waals surface area contributed by atoms with Gasteiger partial charge in [-0.2, -0.15) is 25.3 Å². The Hall–Kier alpha value is -5.44. The van der Waals surface area contributed by atoms with Crippen LogP contribution in [-0.2, 0) is 24.5 Å². The monoisotopic (exact) mass is 794 g/mol. The normalized spacial score (nSPS) is 13.5. The number of carbonyl (C=O) groups is 2. The molecule has 1 aliphatic rings. The van der Waals surface area contributed by atoms with E-state index in [4.69, 9.17) is 18.9 Å². The van der Waals surface area contributed by atoms with Crippen molar-refractivity contribution in [3.8, 4) is 44.9 Å². The van der Waals surface area contributed by atoms with Crippen molar-refractivity contribution >= 4 is 37.2 Å². The molecule has 6 nitrogen and oxygen atoms in total. The van der Waals surface area contributed by atoms with Crippen LogP contribution in [0.15, 0.2) is 146 Å². The molecule has 0 spiro atoms. The number of rotatable bonds is 16. The van der Waals surface area contributed by atoms with E-state index in [2.05, 4.69) is 122 Å². The zero-order valence-corrected chi connectivity index (χ0v) is 33.9. The highest BCUT2D eigenvalue weighted by Gasteiger charge is 2.46. The summed E-state index contributed by atoms with van der Waals surface area (Å²) in [6, 6.07) is 50.6. The number of esters is 2. The zero-order valence-electron chi connectivity index (χ0n) is 32.1. The van der Waals surface area contributed by atoms with E-state index >= 15 is 0 Å². The van der Waals surface area contributed by atoms with Crippen molar-refractivity contribution in [3.05, 3.63) is 168 Å². The van der Waals surface area contributed by atoms with Crippen molar-refractivity contribution in [1.82, 2.24) is 0 Å². The molecule has 0 saturated carbocycles. The first-order valence-corrected chi connectivity index (χ1v) is 20.3. The molecule has 0 fully saturated rings. The van der Waals surface area contributed by atoms with E-state index in [0.29, 0.717) is 11.5 Å². The zero-order chi connectivity index (χ0) is 39.8. The van der Waals surface area contributed by atoms with Crippen molar-refractivity contribution in [1.29, 1.82) is 0 Å². The van der Waals surface area contributed by atoms with Gasteiger partial charge in [-0.25, -0.2) is 0 Å². The van der Waals surface area contributed by atoms with Gasteiger partial charge in [0.25, 0.3) is 0 Å². The van der Waals surface area contributed by atoms with Gasteiger partial charge in [-0.05, 0) is 68.8 Å². The summed E-state index contributed by atoms with van der Waals surface area (Å²) >= 11 is 8.63. The fourth-order valence-electron chi connectivity index (χ4n) is 7.70. The number of thiol groups is 2. The van der Waals surface area contributed by atoms with Gasteiger partial charge in [-0.15, -0.1) is 0 Å². The maximum absolute atomic E-state index is 12.2. The highest BCUT2D eigenvalue weighted by atomic mass is 32.1. The molecule has 0 heterocycles. The lowest BCUT2D eigenvalue weighted by molar-refractivity contribution is -0.145. The lowest BCUT2D eigenvalue weighted by Crippen LogP contribution is -2.29. The van der Waals surface area contributed by atoms with Crippen LogP contribution in [0.2, 0.25) is 0 Å². The van der Waals surface area contributed by atoms with Gasteiger partial charge < -0.3 is 18.9 Å². The van der Waals surface area contributed by atoms with Gasteiger partial charge in [0.15, 0.2) is 0 Å². The van der Waals surface area contributed by atoms with E-state index in [0.717, 1.165) is 33.4 Å². The predicted molar refractivity (Wildman–Crippen MR) is 234 cm³/mol. The van der Waals surface area contributed by atoms with Crippen LogP contribution in [0.5, 0.6) is 11.5 Å². The predicted octanol–water partition coefficient (Wildman–Crippen LogP) is 10.6. The summed E-state index contributed by atoms with van der Waals surface area (Å²) in [5.74, 6) is 0.788. The third kappa shape index (κ3) is 8.78. The summed E-state index contributed by atoms with van der Waals surface area (Å²) in [6.07, 6.45) is 0.478. The van der Waals surface area contributed by atoms with E-state index in [1.54, 1.807) is 0 Å². The first-order valence-electron chi connectivity index (χ1n) is 19.3. The van der Waals surface area contributed by atoms with Crippen LogP contribution in [0.4, 0.5) is 0 Å². The van der Waals surface area contributed by atoms with Crippen molar-refractivity contribution in [2.24, 2.45) is 0 Å². The first kappa shape index (κ1) is 39.8. The molecule has 290 valence electrons. The van der Waals surface area contributed by atoms with Gasteiger partial charge in [0.2, 0.25) is 0 Å². The molecule has 0 saturated heterocycles. The average Bonchev–Trinajstić information content (AvgIpc) is 3.52. The summed E-state index contributed by atoms with van der Waals surface area (Å²) in [4.78, 5) is 24.4. The third-order valence-electron chi connectivity index (χ3n) is 10.1. The molecule has 0 aromatic heterocycles. The molecule has 0 bridgehead atoms. The summed E-state index contributed by atoms with van der Waals surface area (Å²) in [5.41, 5.74) is 9.95. The molecule has 1 aliphatic carbocycles. The van der Waals surface area contributed by atoms with Gasteiger partial charge in [0.1, 0.15) is 37.9 Å². The number of benzene rings is 6. The molecule has 6 aromatic carbocycles. The second-order valence-corrected chi connectivity index (χ2v) is 16.0. The molecule has 6 aromatic rings. The minimum absolute atomic E-state index is 0.0787. The Bertz CT molecular complexity index is 2160. The third-order valence-corrected chi connectivity index (χ3v) is 10.4. The number of hydrogen-bond donors (Lipinski definition) is 2. The summed E-state index contributed by atoms with van der Waals surface area (Å²) in [6.45, 7) is 4.40. The van der Waals surface area contributed by atoms with E-state index in [1.165, 1.54) is 22.3 Å². The Balaban J connectivity index is 1.35. The molecular formula is C49H46O6S2. The molecular weight excluding hydrogens is 749 g/mol. The second-order valence-electron chi connectivity index (χ2n) is 14.2. The first-order chi connectivity index (χ1) is 27.8. The van der Waals surface area contributed by atoms with Crippen LogP contribution in [0.1, 0.15) is 48.9 Å². The summed E-state index contributed by atoms with van der Waals surface area (Å²) in [7, 11) is 0. The van der Waals surface area contributed by atoms with E-state index in [1.807, 2.05) is 62.4 Å². The fraction of sp³-hybridized carbons (Fsp3) is 0.224. The smallest absolute Gasteiger partial charge is 0.307 e. The molecule has 0 radical (unpaired) electrons. The standard InChI is InChI=1S/C49H46O6S2/c1-33(56)29-47(50)54-27-25-52-45-23-21-37(31-41(45)35-13-5-3-6-14-35)49(43-19-11-9-17-39(43)40-18-10-12-20-44(40)49)38-22-24-46(42(32-38)36-15-7-4-8-16-36)53-26-28-55-48(51)30-34(2)57/h3-24,31-34,56-57H,25-30H2,1-2H3. The largest absolute Gasteiger partial charge is 0.489 e. The molecule has 0 aliphatic heterocycles. The van der Waals surface area contributed by atoms with Crippen LogP contribution < -0.4 is 9.47 Å². The van der Waals surface area contributed by atoms with Crippen LogP contribution in [0.25, 0.3) is 33.4 Å². The lowest BCUT2D eigenvalue weighted by atomic mass is 9.67. The SMILES string of the molecule is CC(S)CC(=O)OCCOc1ccc(C2(c3ccc(OCCOC(=O)CC(C)S)c(-c4ccccc4)c3)c3ccccc3-c3ccccc32)cc1-c1ccccc1. The maximum atomic E-state index is 12.2. The van der Waals surface area contributed by atoms with Crippen molar-refractivity contribution in [3.63, 3.8) is 0 Å². The van der Waals surface area contributed by atoms with Crippen molar-refractivity contribution in [2.75, 3.05) is 26.4 Å². The fourth-order valence-corrected chi connectivity index (χ4v) is 8.00. The van der Waals surface area contributed by atoms with Gasteiger partial charge >= 0.3 is 11.9 Å². The van der Waals surface area contributed by atoms with Crippen LogP contribution >= 0.6 is 25.3 Å². The van der Waals surface area contributed by atoms with Crippen molar-refractivity contribution in [2.45, 2.75) is 42.6 Å².